The Morgan fingerprint density at radius 2 is 1.64 bits per heavy atom. The van der Waals surface area contributed by atoms with E-state index >= 15 is 0 Å². The molecule has 3 aromatic carbocycles. The second-order valence-electron chi connectivity index (χ2n) is 7.85. The van der Waals surface area contributed by atoms with Gasteiger partial charge in [-0.1, -0.05) is 60.7 Å². The number of hydrogen-bond donors (Lipinski definition) is 3. The van der Waals surface area contributed by atoms with Crippen molar-refractivity contribution >= 4 is 11.6 Å². The minimum Gasteiger partial charge on any atom is -0.387 e. The van der Waals surface area contributed by atoms with Gasteiger partial charge in [-0.3, -0.25) is 4.79 Å². The Hall–Kier alpha value is -3.74. The molecule has 0 bridgehead atoms. The van der Waals surface area contributed by atoms with Crippen molar-refractivity contribution in [2.75, 3.05) is 18.4 Å². The van der Waals surface area contributed by atoms with E-state index in [4.69, 9.17) is 0 Å². The number of nitrogens with one attached hydrogen (secondary N) is 2. The van der Waals surface area contributed by atoms with Crippen LogP contribution in [0.4, 0.5) is 5.69 Å². The average molecular weight is 441 g/mol. The van der Waals surface area contributed by atoms with Gasteiger partial charge in [0.25, 0.3) is 0 Å². The monoisotopic (exact) mass is 440 g/mol. The molecular weight excluding hydrogens is 412 g/mol. The molecule has 1 heterocycles. The highest BCUT2D eigenvalue weighted by Crippen LogP contribution is 2.14. The Morgan fingerprint density at radius 1 is 0.939 bits per heavy atom. The minimum atomic E-state index is -0.513. The smallest absolute Gasteiger partial charge is 0.231 e. The number of aliphatic hydroxyl groups is 1. The maximum atomic E-state index is 12.5. The zero-order chi connectivity index (χ0) is 22.9. The fourth-order valence-corrected chi connectivity index (χ4v) is 3.66. The molecule has 4 rings (SSSR count). The van der Waals surface area contributed by atoms with Gasteiger partial charge >= 0.3 is 0 Å². The summed E-state index contributed by atoms with van der Waals surface area (Å²) >= 11 is 0. The zero-order valence-corrected chi connectivity index (χ0v) is 18.4. The fraction of sp³-hybridized carbons (Fsp3) is 0.185. The van der Waals surface area contributed by atoms with Crippen LogP contribution in [0.25, 0.3) is 5.69 Å². The minimum absolute atomic E-state index is 0.109. The number of amides is 1. The van der Waals surface area contributed by atoms with Gasteiger partial charge in [-0.05, 0) is 48.4 Å². The fourth-order valence-electron chi connectivity index (χ4n) is 3.66. The van der Waals surface area contributed by atoms with E-state index in [1.54, 1.807) is 6.20 Å². The Kier molecular flexibility index (Phi) is 7.64. The number of rotatable bonds is 10. The highest BCUT2D eigenvalue weighted by molar-refractivity contribution is 5.91. The van der Waals surface area contributed by atoms with Crippen LogP contribution in [0, 0.1) is 0 Å². The zero-order valence-electron chi connectivity index (χ0n) is 18.4. The van der Waals surface area contributed by atoms with Crippen molar-refractivity contribution in [1.29, 1.82) is 0 Å². The molecule has 33 heavy (non-hydrogen) atoms. The first-order valence-corrected chi connectivity index (χ1v) is 11.1. The first-order chi connectivity index (χ1) is 16.2. The summed E-state index contributed by atoms with van der Waals surface area (Å²) in [6.07, 6.45) is 4.08. The van der Waals surface area contributed by atoms with Crippen molar-refractivity contribution in [2.24, 2.45) is 0 Å². The maximum Gasteiger partial charge on any atom is 0.231 e. The lowest BCUT2D eigenvalue weighted by atomic mass is 10.1. The molecule has 1 amide bonds. The van der Waals surface area contributed by atoms with Gasteiger partial charge < -0.3 is 20.3 Å². The van der Waals surface area contributed by atoms with E-state index < -0.39 is 6.10 Å². The van der Waals surface area contributed by atoms with E-state index in [1.165, 1.54) is 0 Å². The lowest BCUT2D eigenvalue weighted by molar-refractivity contribution is -0.115. The molecule has 1 aromatic heterocycles. The third-order valence-corrected chi connectivity index (χ3v) is 5.42. The molecule has 0 aliphatic heterocycles. The van der Waals surface area contributed by atoms with Gasteiger partial charge in [0.15, 0.2) is 0 Å². The molecular formula is C27H28N4O2. The first kappa shape index (κ1) is 22.5. The van der Waals surface area contributed by atoms with E-state index in [0.29, 0.717) is 12.4 Å². The number of benzene rings is 3. The number of para-hydroxylation sites is 1. The van der Waals surface area contributed by atoms with E-state index in [1.807, 2.05) is 95.7 Å². The second-order valence-corrected chi connectivity index (χ2v) is 7.85. The molecule has 0 radical (unpaired) electrons. The Bertz CT molecular complexity index is 1140. The summed E-state index contributed by atoms with van der Waals surface area (Å²) in [5, 5.41) is 16.4. The molecule has 0 saturated carbocycles. The van der Waals surface area contributed by atoms with Crippen molar-refractivity contribution in [3.8, 4) is 5.69 Å². The van der Waals surface area contributed by atoms with Gasteiger partial charge in [0.2, 0.25) is 5.91 Å². The number of aromatic nitrogens is 2. The van der Waals surface area contributed by atoms with Crippen LogP contribution < -0.4 is 10.6 Å². The van der Waals surface area contributed by atoms with Crippen LogP contribution in [-0.4, -0.2) is 33.7 Å². The van der Waals surface area contributed by atoms with Gasteiger partial charge in [-0.15, -0.1) is 0 Å². The van der Waals surface area contributed by atoms with Gasteiger partial charge in [0, 0.05) is 30.3 Å². The normalized spacial score (nSPS) is 11.8. The quantitative estimate of drug-likeness (QED) is 0.327. The molecule has 0 spiro atoms. The topological polar surface area (TPSA) is 79.2 Å². The van der Waals surface area contributed by atoms with Gasteiger partial charge in [0.1, 0.15) is 5.82 Å². The SMILES string of the molecule is O=C(Cc1nccn1-c1ccccc1)Nc1ccc(CCNC[C@H](O)c2ccccc2)cc1. The first-order valence-electron chi connectivity index (χ1n) is 11.1. The summed E-state index contributed by atoms with van der Waals surface area (Å²) in [6.45, 7) is 1.27. The molecule has 0 unspecified atom stereocenters. The Balaban J connectivity index is 1.23. The van der Waals surface area contributed by atoms with Crippen LogP contribution >= 0.6 is 0 Å². The molecule has 0 aliphatic carbocycles. The molecule has 0 saturated heterocycles. The van der Waals surface area contributed by atoms with Crippen LogP contribution in [-0.2, 0) is 17.6 Å². The predicted molar refractivity (Wildman–Crippen MR) is 130 cm³/mol. The van der Waals surface area contributed by atoms with Crippen molar-refractivity contribution < 1.29 is 9.90 Å². The maximum absolute atomic E-state index is 12.5. The van der Waals surface area contributed by atoms with Crippen molar-refractivity contribution in [2.45, 2.75) is 18.9 Å². The summed E-state index contributed by atoms with van der Waals surface area (Å²) in [7, 11) is 0. The lowest BCUT2D eigenvalue weighted by Gasteiger charge is -2.12. The summed E-state index contributed by atoms with van der Waals surface area (Å²) in [6, 6.07) is 27.3. The van der Waals surface area contributed by atoms with Crippen LogP contribution in [0.5, 0.6) is 0 Å². The summed E-state index contributed by atoms with van der Waals surface area (Å²) < 4.78 is 1.92. The second kappa shape index (κ2) is 11.2. The predicted octanol–water partition coefficient (Wildman–Crippen LogP) is 3.92. The standard InChI is InChI=1S/C27H28N4O2/c32-25(22-7-3-1-4-8-22)20-28-16-15-21-11-13-23(14-12-21)30-27(33)19-26-29-17-18-31(26)24-9-5-2-6-10-24/h1-14,17-18,25,28,32H,15-16,19-20H2,(H,30,33)/t25-/m0/s1. The van der Waals surface area contributed by atoms with Crippen molar-refractivity contribution in [3.63, 3.8) is 0 Å². The average Bonchev–Trinajstić information content (AvgIpc) is 3.31. The largest absolute Gasteiger partial charge is 0.387 e. The number of imidazole rings is 1. The van der Waals surface area contributed by atoms with Crippen LogP contribution in [0.1, 0.15) is 23.1 Å². The molecule has 6 heteroatoms. The number of hydrogen-bond acceptors (Lipinski definition) is 4. The molecule has 1 atom stereocenters. The molecule has 6 nitrogen and oxygen atoms in total. The van der Waals surface area contributed by atoms with Crippen molar-refractivity contribution in [1.82, 2.24) is 14.9 Å². The van der Waals surface area contributed by atoms with E-state index in [9.17, 15) is 9.90 Å². The van der Waals surface area contributed by atoms with Crippen LogP contribution in [0.2, 0.25) is 0 Å². The van der Waals surface area contributed by atoms with Gasteiger partial charge in [-0.25, -0.2) is 4.98 Å². The third-order valence-electron chi connectivity index (χ3n) is 5.42. The van der Waals surface area contributed by atoms with Gasteiger partial charge in [-0.2, -0.15) is 0 Å². The molecule has 0 aliphatic rings. The molecule has 4 aromatic rings. The number of nitrogens with zero attached hydrogens (tertiary/aromatic N) is 2. The summed E-state index contributed by atoms with van der Waals surface area (Å²) in [4.78, 5) is 16.9. The van der Waals surface area contributed by atoms with E-state index in [0.717, 1.165) is 35.5 Å². The number of carbonyl (C=O) groups is 1. The van der Waals surface area contributed by atoms with Crippen LogP contribution in [0.3, 0.4) is 0 Å². The summed E-state index contributed by atoms with van der Waals surface area (Å²) in [5.74, 6) is 0.585. The van der Waals surface area contributed by atoms with Crippen LogP contribution in [0.15, 0.2) is 97.3 Å². The van der Waals surface area contributed by atoms with Gasteiger partial charge in [0.05, 0.1) is 12.5 Å². The Morgan fingerprint density at radius 3 is 2.36 bits per heavy atom. The summed E-state index contributed by atoms with van der Waals surface area (Å²) in [5.41, 5.74) is 3.81. The lowest BCUT2D eigenvalue weighted by Crippen LogP contribution is -2.23. The highest BCUT2D eigenvalue weighted by Gasteiger charge is 2.11. The number of anilines is 1. The van der Waals surface area contributed by atoms with E-state index in [2.05, 4.69) is 15.6 Å². The van der Waals surface area contributed by atoms with Crippen molar-refractivity contribution in [3.05, 3.63) is 114 Å². The third kappa shape index (κ3) is 6.38. The molecule has 168 valence electrons. The van der Waals surface area contributed by atoms with E-state index in [-0.39, 0.29) is 12.3 Å². The molecule has 0 fully saturated rings. The Labute approximate surface area is 193 Å². The molecule has 3 N–H and O–H groups in total. The highest BCUT2D eigenvalue weighted by atomic mass is 16.3. The number of carbonyl (C=O) groups excluding carboxylic acids is 1. The number of aliphatic hydroxyl groups excluding tert-OH is 1.